The number of nitrogens with one attached hydrogen (secondary N) is 2. The molecule has 150 valence electrons. The van der Waals surface area contributed by atoms with Crippen LogP contribution in [0.1, 0.15) is 39.0 Å². The Morgan fingerprint density at radius 3 is 2.38 bits per heavy atom. The molecule has 2 aromatic carbocycles. The Hall–Kier alpha value is -3.15. The van der Waals surface area contributed by atoms with E-state index in [1.807, 2.05) is 54.6 Å². The smallest absolute Gasteiger partial charge is 0.324 e. The van der Waals surface area contributed by atoms with E-state index >= 15 is 0 Å². The van der Waals surface area contributed by atoms with Crippen LogP contribution < -0.4 is 10.6 Å². The number of rotatable bonds is 4. The first-order valence-electron chi connectivity index (χ1n) is 10.1. The van der Waals surface area contributed by atoms with Crippen molar-refractivity contribution in [3.05, 3.63) is 54.6 Å². The predicted octanol–water partition coefficient (Wildman–Crippen LogP) is 3.94. The number of hydrogen-bond donors (Lipinski definition) is 2. The van der Waals surface area contributed by atoms with Crippen LogP contribution in [0.2, 0.25) is 0 Å². The van der Waals surface area contributed by atoms with Crippen LogP contribution >= 0.6 is 0 Å². The lowest BCUT2D eigenvalue weighted by Crippen LogP contribution is -2.50. The molecule has 1 heterocycles. The molecule has 2 aliphatic rings. The molecule has 1 aliphatic carbocycles. The summed E-state index contributed by atoms with van der Waals surface area (Å²) >= 11 is 0. The SMILES string of the molecule is CC(C(=O)Nc1ccccc1-c1ccccc1)N1C(=O)NC2(CCCCC2)C1=O. The van der Waals surface area contributed by atoms with Gasteiger partial charge in [-0.25, -0.2) is 9.69 Å². The molecule has 1 spiro atoms. The maximum Gasteiger partial charge on any atom is 0.325 e. The zero-order valence-electron chi connectivity index (χ0n) is 16.5. The van der Waals surface area contributed by atoms with E-state index in [0.29, 0.717) is 18.5 Å². The monoisotopic (exact) mass is 391 g/mol. The van der Waals surface area contributed by atoms with Gasteiger partial charge < -0.3 is 10.6 Å². The number of carbonyl (C=O) groups is 3. The normalized spacial score (nSPS) is 19.1. The van der Waals surface area contributed by atoms with Crippen molar-refractivity contribution in [3.8, 4) is 11.1 Å². The summed E-state index contributed by atoms with van der Waals surface area (Å²) in [6.45, 7) is 1.60. The number of urea groups is 1. The van der Waals surface area contributed by atoms with Gasteiger partial charge in [0.15, 0.2) is 0 Å². The van der Waals surface area contributed by atoms with Gasteiger partial charge in [-0.3, -0.25) is 9.59 Å². The Kier molecular flexibility index (Phi) is 5.09. The van der Waals surface area contributed by atoms with Crippen LogP contribution in [0.25, 0.3) is 11.1 Å². The highest BCUT2D eigenvalue weighted by molar-refractivity contribution is 6.11. The lowest BCUT2D eigenvalue weighted by Gasteiger charge is -2.31. The molecule has 6 heteroatoms. The van der Waals surface area contributed by atoms with Gasteiger partial charge in [0.25, 0.3) is 5.91 Å². The highest BCUT2D eigenvalue weighted by Gasteiger charge is 2.53. The highest BCUT2D eigenvalue weighted by Crippen LogP contribution is 2.35. The van der Waals surface area contributed by atoms with Gasteiger partial charge in [-0.1, -0.05) is 67.8 Å². The fourth-order valence-corrected chi connectivity index (χ4v) is 4.30. The minimum absolute atomic E-state index is 0.277. The van der Waals surface area contributed by atoms with Crippen molar-refractivity contribution in [2.45, 2.75) is 50.6 Å². The summed E-state index contributed by atoms with van der Waals surface area (Å²) in [5, 5.41) is 5.77. The van der Waals surface area contributed by atoms with Crippen LogP contribution in [0.15, 0.2) is 54.6 Å². The Bertz CT molecular complexity index is 935. The van der Waals surface area contributed by atoms with Gasteiger partial charge >= 0.3 is 6.03 Å². The summed E-state index contributed by atoms with van der Waals surface area (Å²) in [6.07, 6.45) is 4.16. The maximum absolute atomic E-state index is 13.0. The van der Waals surface area contributed by atoms with Crippen molar-refractivity contribution in [1.82, 2.24) is 10.2 Å². The number of imide groups is 1. The van der Waals surface area contributed by atoms with Crippen LogP contribution in [0.5, 0.6) is 0 Å². The van der Waals surface area contributed by atoms with Gasteiger partial charge in [0.1, 0.15) is 11.6 Å². The number of hydrogen-bond acceptors (Lipinski definition) is 3. The number of benzene rings is 2. The molecule has 2 aromatic rings. The zero-order chi connectivity index (χ0) is 20.4. The standard InChI is InChI=1S/C23H25N3O3/c1-16(26-21(28)23(25-22(26)29)14-8-3-9-15-23)20(27)24-19-13-7-6-12-18(19)17-10-4-2-5-11-17/h2,4-7,10-13,16H,3,8-9,14-15H2,1H3,(H,24,27)(H,25,29). The molecular weight excluding hydrogens is 366 g/mol. The molecular formula is C23H25N3O3. The van der Waals surface area contributed by atoms with E-state index in [-0.39, 0.29) is 11.8 Å². The highest BCUT2D eigenvalue weighted by atomic mass is 16.2. The van der Waals surface area contributed by atoms with Crippen molar-refractivity contribution < 1.29 is 14.4 Å². The second-order valence-corrected chi connectivity index (χ2v) is 7.82. The van der Waals surface area contributed by atoms with Crippen molar-refractivity contribution in [2.24, 2.45) is 0 Å². The van der Waals surface area contributed by atoms with Crippen LogP contribution in [0.4, 0.5) is 10.5 Å². The van der Waals surface area contributed by atoms with E-state index in [4.69, 9.17) is 0 Å². The third-order valence-corrected chi connectivity index (χ3v) is 5.94. The zero-order valence-corrected chi connectivity index (χ0v) is 16.5. The lowest BCUT2D eigenvalue weighted by atomic mass is 9.81. The predicted molar refractivity (Wildman–Crippen MR) is 111 cm³/mol. The summed E-state index contributed by atoms with van der Waals surface area (Å²) in [4.78, 5) is 39.7. The first kappa shape index (κ1) is 19.2. The molecule has 29 heavy (non-hydrogen) atoms. The molecule has 0 aromatic heterocycles. The van der Waals surface area contributed by atoms with Crippen LogP contribution in [-0.2, 0) is 9.59 Å². The fraction of sp³-hybridized carbons (Fsp3) is 0.348. The number of amides is 4. The molecule has 0 radical (unpaired) electrons. The summed E-state index contributed by atoms with van der Waals surface area (Å²) < 4.78 is 0. The molecule has 2 N–H and O–H groups in total. The minimum atomic E-state index is -0.896. The summed E-state index contributed by atoms with van der Waals surface area (Å²) in [5.41, 5.74) is 1.68. The van der Waals surface area contributed by atoms with Gasteiger partial charge in [0.05, 0.1) is 0 Å². The van der Waals surface area contributed by atoms with Gasteiger partial charge in [0, 0.05) is 11.3 Å². The Labute approximate surface area is 170 Å². The quantitative estimate of drug-likeness (QED) is 0.775. The topological polar surface area (TPSA) is 78.5 Å². The first-order chi connectivity index (χ1) is 14.0. The second kappa shape index (κ2) is 7.70. The maximum atomic E-state index is 13.0. The van der Waals surface area contributed by atoms with Gasteiger partial charge in [0.2, 0.25) is 5.91 Å². The Morgan fingerprint density at radius 2 is 1.66 bits per heavy atom. The molecule has 1 atom stereocenters. The summed E-state index contributed by atoms with van der Waals surface area (Å²) in [5.74, 6) is -0.661. The molecule has 4 rings (SSSR count). The number of anilines is 1. The molecule has 1 saturated carbocycles. The second-order valence-electron chi connectivity index (χ2n) is 7.82. The van der Waals surface area contributed by atoms with E-state index in [0.717, 1.165) is 35.3 Å². The van der Waals surface area contributed by atoms with Crippen LogP contribution in [0, 0.1) is 0 Å². The van der Waals surface area contributed by atoms with E-state index < -0.39 is 17.6 Å². The van der Waals surface area contributed by atoms with E-state index in [1.165, 1.54) is 0 Å². The van der Waals surface area contributed by atoms with Crippen molar-refractivity contribution in [2.75, 3.05) is 5.32 Å². The molecule has 0 bridgehead atoms. The third kappa shape index (κ3) is 3.50. The van der Waals surface area contributed by atoms with Gasteiger partial charge in [-0.15, -0.1) is 0 Å². The van der Waals surface area contributed by atoms with E-state index in [9.17, 15) is 14.4 Å². The Morgan fingerprint density at radius 1 is 1.00 bits per heavy atom. The molecule has 2 fully saturated rings. The van der Waals surface area contributed by atoms with Crippen LogP contribution in [0.3, 0.4) is 0 Å². The molecule has 1 saturated heterocycles. The average Bonchev–Trinajstić information content (AvgIpc) is 2.98. The van der Waals surface area contributed by atoms with Crippen molar-refractivity contribution in [1.29, 1.82) is 0 Å². The number of carbonyl (C=O) groups excluding carboxylic acids is 3. The molecule has 6 nitrogen and oxygen atoms in total. The van der Waals surface area contributed by atoms with E-state index in [1.54, 1.807) is 6.92 Å². The third-order valence-electron chi connectivity index (χ3n) is 5.94. The van der Waals surface area contributed by atoms with Crippen LogP contribution in [-0.4, -0.2) is 34.3 Å². The lowest BCUT2D eigenvalue weighted by molar-refractivity contribution is -0.137. The first-order valence-corrected chi connectivity index (χ1v) is 10.1. The summed E-state index contributed by atoms with van der Waals surface area (Å²) in [7, 11) is 0. The molecule has 4 amide bonds. The molecule has 1 aliphatic heterocycles. The Balaban J connectivity index is 1.54. The van der Waals surface area contributed by atoms with Crippen molar-refractivity contribution >= 4 is 23.5 Å². The molecule has 1 unspecified atom stereocenters. The largest absolute Gasteiger partial charge is 0.325 e. The minimum Gasteiger partial charge on any atom is -0.324 e. The fourth-order valence-electron chi connectivity index (χ4n) is 4.30. The van der Waals surface area contributed by atoms with Gasteiger partial charge in [-0.2, -0.15) is 0 Å². The average molecular weight is 391 g/mol. The number of nitrogens with zero attached hydrogens (tertiary/aromatic N) is 1. The van der Waals surface area contributed by atoms with Gasteiger partial charge in [-0.05, 0) is 31.4 Å². The summed E-state index contributed by atoms with van der Waals surface area (Å²) in [6, 6.07) is 15.9. The van der Waals surface area contributed by atoms with E-state index in [2.05, 4.69) is 10.6 Å². The van der Waals surface area contributed by atoms with Crippen molar-refractivity contribution in [3.63, 3.8) is 0 Å². The number of para-hydroxylation sites is 1.